The van der Waals surface area contributed by atoms with Gasteiger partial charge in [0.1, 0.15) is 18.3 Å². The van der Waals surface area contributed by atoms with Gasteiger partial charge in [0.2, 0.25) is 5.91 Å². The average Bonchev–Trinajstić information content (AvgIpc) is 2.73. The molecule has 2 rings (SSSR count). The number of amides is 1. The summed E-state index contributed by atoms with van der Waals surface area (Å²) < 4.78 is 42.6. The van der Waals surface area contributed by atoms with E-state index in [-0.39, 0.29) is 6.54 Å². The zero-order valence-electron chi connectivity index (χ0n) is 12.5. The Morgan fingerprint density at radius 3 is 2.73 bits per heavy atom. The molecule has 122 valence electrons. The summed E-state index contributed by atoms with van der Waals surface area (Å²) in [7, 11) is 0. The first kappa shape index (κ1) is 16.5. The third-order valence-corrected chi connectivity index (χ3v) is 3.48. The zero-order valence-corrected chi connectivity index (χ0v) is 12.5. The van der Waals surface area contributed by atoms with Gasteiger partial charge < -0.3 is 15.0 Å². The molecule has 1 aliphatic rings. The summed E-state index contributed by atoms with van der Waals surface area (Å²) in [5.41, 5.74) is 1.61. The number of benzene rings is 1. The highest BCUT2D eigenvalue weighted by molar-refractivity contribution is 5.86. The molecular weight excluding hydrogens is 297 g/mol. The maximum atomic E-state index is 12.4. The highest BCUT2D eigenvalue weighted by Gasteiger charge is 2.39. The smallest absolute Gasteiger partial charge is 0.406 e. The van der Waals surface area contributed by atoms with Crippen molar-refractivity contribution in [2.75, 3.05) is 25.0 Å². The van der Waals surface area contributed by atoms with Gasteiger partial charge in [0.05, 0.1) is 6.61 Å². The fraction of sp³-hybridized carbons (Fsp3) is 0.533. The second-order valence-electron chi connectivity index (χ2n) is 5.27. The Balaban J connectivity index is 2.00. The number of likely N-dealkylation sites (tertiary alicyclic amines) is 1. The van der Waals surface area contributed by atoms with Crippen LogP contribution in [-0.2, 0) is 4.79 Å². The van der Waals surface area contributed by atoms with Crippen LogP contribution in [0.4, 0.5) is 18.9 Å². The Kier molecular flexibility index (Phi) is 4.83. The molecule has 1 fully saturated rings. The number of hydrogen-bond acceptors (Lipinski definition) is 3. The number of anilines is 1. The van der Waals surface area contributed by atoms with Crippen LogP contribution in [0.5, 0.6) is 5.75 Å². The predicted octanol–water partition coefficient (Wildman–Crippen LogP) is 2.97. The fourth-order valence-corrected chi connectivity index (χ4v) is 2.50. The Morgan fingerprint density at radius 1 is 1.41 bits per heavy atom. The molecule has 4 nitrogen and oxygen atoms in total. The molecule has 0 bridgehead atoms. The minimum absolute atomic E-state index is 0.117. The molecule has 1 heterocycles. The highest BCUT2D eigenvalue weighted by atomic mass is 19.4. The van der Waals surface area contributed by atoms with Crippen molar-refractivity contribution in [3.63, 3.8) is 0 Å². The van der Waals surface area contributed by atoms with E-state index in [1.54, 1.807) is 12.1 Å². The Hall–Kier alpha value is -1.92. The highest BCUT2D eigenvalue weighted by Crippen LogP contribution is 2.25. The van der Waals surface area contributed by atoms with Crippen molar-refractivity contribution >= 4 is 11.6 Å². The van der Waals surface area contributed by atoms with Crippen LogP contribution in [0.15, 0.2) is 18.2 Å². The van der Waals surface area contributed by atoms with Crippen LogP contribution in [0.2, 0.25) is 0 Å². The minimum atomic E-state index is -4.36. The molecular formula is C15H19F3N2O2. The van der Waals surface area contributed by atoms with E-state index in [0.717, 1.165) is 16.2 Å². The van der Waals surface area contributed by atoms with Crippen LogP contribution < -0.4 is 10.1 Å². The first-order chi connectivity index (χ1) is 10.3. The summed E-state index contributed by atoms with van der Waals surface area (Å²) >= 11 is 0. The van der Waals surface area contributed by atoms with Gasteiger partial charge in [0.25, 0.3) is 0 Å². The lowest BCUT2D eigenvalue weighted by Crippen LogP contribution is -2.39. The van der Waals surface area contributed by atoms with Crippen LogP contribution in [0, 0.1) is 6.92 Å². The first-order valence-electron chi connectivity index (χ1n) is 7.15. The normalized spacial score (nSPS) is 18.7. The molecule has 1 aromatic carbocycles. The van der Waals surface area contributed by atoms with Gasteiger partial charge in [-0.05, 0) is 44.0 Å². The Morgan fingerprint density at radius 2 is 2.14 bits per heavy atom. The van der Waals surface area contributed by atoms with Crippen LogP contribution in [0.25, 0.3) is 0 Å². The number of aryl methyl sites for hydroxylation is 1. The van der Waals surface area contributed by atoms with Gasteiger partial charge in [0, 0.05) is 12.2 Å². The molecule has 1 saturated heterocycles. The number of alkyl halides is 3. The van der Waals surface area contributed by atoms with E-state index < -0.39 is 24.7 Å². The number of hydrogen-bond donors (Lipinski definition) is 1. The lowest BCUT2D eigenvalue weighted by Gasteiger charge is -2.19. The van der Waals surface area contributed by atoms with Crippen LogP contribution in [0.3, 0.4) is 0 Å². The second kappa shape index (κ2) is 6.46. The van der Waals surface area contributed by atoms with E-state index in [1.807, 2.05) is 19.9 Å². The van der Waals surface area contributed by atoms with Crippen molar-refractivity contribution in [1.29, 1.82) is 0 Å². The molecule has 1 aromatic rings. The monoisotopic (exact) mass is 316 g/mol. The number of halogens is 3. The number of carbonyl (C=O) groups excluding carboxylic acids is 1. The Labute approximate surface area is 127 Å². The first-order valence-corrected chi connectivity index (χ1v) is 7.15. The molecule has 0 radical (unpaired) electrons. The summed E-state index contributed by atoms with van der Waals surface area (Å²) in [6.07, 6.45) is -4.00. The van der Waals surface area contributed by atoms with Gasteiger partial charge in [-0.3, -0.25) is 4.79 Å². The third kappa shape index (κ3) is 4.05. The van der Waals surface area contributed by atoms with Crippen molar-refractivity contribution in [3.05, 3.63) is 23.8 Å². The van der Waals surface area contributed by atoms with Crippen molar-refractivity contribution in [1.82, 2.24) is 4.90 Å². The Bertz CT molecular complexity index is 546. The molecule has 1 atom stereocenters. The van der Waals surface area contributed by atoms with Crippen molar-refractivity contribution in [2.24, 2.45) is 0 Å². The largest absolute Gasteiger partial charge is 0.494 e. The summed E-state index contributed by atoms with van der Waals surface area (Å²) in [6, 6.07) is 4.76. The molecule has 0 spiro atoms. The molecule has 0 aromatic heterocycles. The predicted molar refractivity (Wildman–Crippen MR) is 77.0 cm³/mol. The van der Waals surface area contributed by atoms with Crippen LogP contribution in [-0.4, -0.2) is 42.7 Å². The maximum Gasteiger partial charge on any atom is 0.406 e. The average molecular weight is 316 g/mol. The maximum absolute atomic E-state index is 12.4. The minimum Gasteiger partial charge on any atom is -0.494 e. The zero-order chi connectivity index (χ0) is 16.3. The van der Waals surface area contributed by atoms with Crippen LogP contribution >= 0.6 is 0 Å². The van der Waals surface area contributed by atoms with E-state index in [0.29, 0.717) is 18.7 Å². The molecule has 0 unspecified atom stereocenters. The van der Waals surface area contributed by atoms with E-state index >= 15 is 0 Å². The van der Waals surface area contributed by atoms with Gasteiger partial charge in [0.15, 0.2) is 0 Å². The van der Waals surface area contributed by atoms with E-state index in [1.165, 1.54) is 0 Å². The van der Waals surface area contributed by atoms with E-state index in [9.17, 15) is 18.0 Å². The molecule has 1 amide bonds. The molecule has 1 N–H and O–H groups in total. The molecule has 7 heteroatoms. The molecule has 0 aliphatic carbocycles. The van der Waals surface area contributed by atoms with Gasteiger partial charge in [-0.15, -0.1) is 0 Å². The molecule has 22 heavy (non-hydrogen) atoms. The summed E-state index contributed by atoms with van der Waals surface area (Å²) in [5.74, 6) is 0.244. The van der Waals surface area contributed by atoms with Crippen molar-refractivity contribution < 1.29 is 22.7 Å². The lowest BCUT2D eigenvalue weighted by molar-refractivity contribution is -0.157. The standard InChI is InChI=1S/C15H19F3N2O2/c1-3-22-13-5-4-11(8-10(13)2)19-12-6-7-20(14(12)21)9-15(16,17)18/h4-5,8,12,19H,3,6-7,9H2,1-2H3/t12-/m1/s1. The number of nitrogens with one attached hydrogen (secondary N) is 1. The van der Waals surface area contributed by atoms with Gasteiger partial charge in [-0.2, -0.15) is 13.2 Å². The lowest BCUT2D eigenvalue weighted by atomic mass is 10.1. The number of carbonyl (C=O) groups is 1. The SMILES string of the molecule is CCOc1ccc(N[C@@H]2CCN(CC(F)(F)F)C2=O)cc1C. The number of rotatable bonds is 5. The van der Waals surface area contributed by atoms with E-state index in [4.69, 9.17) is 4.74 Å². The fourth-order valence-electron chi connectivity index (χ4n) is 2.50. The number of nitrogens with zero attached hydrogens (tertiary/aromatic N) is 1. The summed E-state index contributed by atoms with van der Waals surface area (Å²) in [5, 5.41) is 3.00. The summed E-state index contributed by atoms with van der Waals surface area (Å²) in [6.45, 7) is 3.25. The molecule has 1 aliphatic heterocycles. The summed E-state index contributed by atoms with van der Waals surface area (Å²) in [4.78, 5) is 12.8. The van der Waals surface area contributed by atoms with Crippen molar-refractivity contribution in [2.45, 2.75) is 32.5 Å². The topological polar surface area (TPSA) is 41.6 Å². The molecule has 0 saturated carbocycles. The number of ether oxygens (including phenoxy) is 1. The van der Waals surface area contributed by atoms with Crippen LogP contribution in [0.1, 0.15) is 18.9 Å². The third-order valence-electron chi connectivity index (χ3n) is 3.48. The van der Waals surface area contributed by atoms with E-state index in [2.05, 4.69) is 5.32 Å². The van der Waals surface area contributed by atoms with Gasteiger partial charge in [-0.1, -0.05) is 0 Å². The van der Waals surface area contributed by atoms with Crippen molar-refractivity contribution in [3.8, 4) is 5.75 Å². The second-order valence-corrected chi connectivity index (χ2v) is 5.27. The van der Waals surface area contributed by atoms with Gasteiger partial charge >= 0.3 is 6.18 Å². The quantitative estimate of drug-likeness (QED) is 0.908. The van der Waals surface area contributed by atoms with Gasteiger partial charge in [-0.25, -0.2) is 0 Å².